The summed E-state index contributed by atoms with van der Waals surface area (Å²) in [5.41, 5.74) is 2.10. The van der Waals surface area contributed by atoms with Crippen LogP contribution >= 0.6 is 11.8 Å². The van der Waals surface area contributed by atoms with Crippen molar-refractivity contribution >= 4 is 57.4 Å². The Hall–Kier alpha value is -4.25. The molecular formula is C29H28N4O6S. The van der Waals surface area contributed by atoms with Gasteiger partial charge in [-0.1, -0.05) is 25.1 Å². The molecule has 1 N–H and O–H groups in total. The van der Waals surface area contributed by atoms with E-state index in [1.165, 1.54) is 0 Å². The van der Waals surface area contributed by atoms with Crippen molar-refractivity contribution < 1.29 is 28.7 Å². The lowest BCUT2D eigenvalue weighted by Crippen LogP contribution is -2.45. The maximum absolute atomic E-state index is 13.2. The van der Waals surface area contributed by atoms with E-state index in [2.05, 4.69) is 12.2 Å². The van der Waals surface area contributed by atoms with Gasteiger partial charge in [-0.25, -0.2) is 0 Å². The topological polar surface area (TPSA) is 110 Å². The molecule has 0 aliphatic carbocycles. The average Bonchev–Trinajstić information content (AvgIpc) is 3.62. The van der Waals surface area contributed by atoms with Gasteiger partial charge in [0.25, 0.3) is 11.1 Å². The summed E-state index contributed by atoms with van der Waals surface area (Å²) in [5, 5.41) is 3.26. The maximum Gasteiger partial charge on any atom is 0.294 e. The normalized spacial score (nSPS) is 18.3. The molecule has 206 valence electrons. The number of likely N-dealkylation sites (tertiary alicyclic amines) is 1. The van der Waals surface area contributed by atoms with Crippen LogP contribution in [0.2, 0.25) is 0 Å². The third-order valence-electron chi connectivity index (χ3n) is 7.38. The second-order valence-electron chi connectivity index (χ2n) is 10.2. The lowest BCUT2D eigenvalue weighted by Gasteiger charge is -2.31. The molecule has 0 atom stereocenters. The summed E-state index contributed by atoms with van der Waals surface area (Å²) in [5.74, 6) is 0.853. The molecule has 0 spiro atoms. The molecule has 4 heterocycles. The molecule has 3 aliphatic heterocycles. The van der Waals surface area contributed by atoms with E-state index >= 15 is 0 Å². The minimum absolute atomic E-state index is 0.0349. The molecule has 0 unspecified atom stereocenters. The second kappa shape index (κ2) is 10.7. The molecule has 0 radical (unpaired) electrons. The fraction of sp³-hybridized carbons (Fsp3) is 0.310. The third kappa shape index (κ3) is 5.16. The lowest BCUT2D eigenvalue weighted by atomic mass is 9.99. The Bertz CT molecular complexity index is 1560. The van der Waals surface area contributed by atoms with Gasteiger partial charge in [-0.3, -0.25) is 24.1 Å². The summed E-state index contributed by atoms with van der Waals surface area (Å²) in [7, 11) is 0. The standard InChI is InChI=1S/C29H28N4O6S/c1-18-8-10-31(11-9-18)27(35)16-33-28(36)25(40-29(33)37)12-19-14-32(22-5-3-2-4-21(19)22)15-26(34)30-20-6-7-23-24(13-20)39-17-38-23/h2-7,12-14,18H,8-11,15-17H2,1H3,(H,30,34)/b25-12-. The summed E-state index contributed by atoms with van der Waals surface area (Å²) in [6, 6.07) is 12.8. The highest BCUT2D eigenvalue weighted by atomic mass is 32.2. The van der Waals surface area contributed by atoms with Gasteiger partial charge in [0.15, 0.2) is 11.5 Å². The van der Waals surface area contributed by atoms with Gasteiger partial charge >= 0.3 is 0 Å². The van der Waals surface area contributed by atoms with Gasteiger partial charge in [-0.15, -0.1) is 0 Å². The van der Waals surface area contributed by atoms with Crippen molar-refractivity contribution in [3.8, 4) is 11.5 Å². The average molecular weight is 561 g/mol. The molecule has 3 aliphatic rings. The van der Waals surface area contributed by atoms with Gasteiger partial charge < -0.3 is 24.3 Å². The van der Waals surface area contributed by atoms with E-state index < -0.39 is 11.1 Å². The van der Waals surface area contributed by atoms with Crippen molar-refractivity contribution in [3.63, 3.8) is 0 Å². The van der Waals surface area contributed by atoms with Crippen LogP contribution in [0, 0.1) is 5.92 Å². The summed E-state index contributed by atoms with van der Waals surface area (Å²) in [4.78, 5) is 54.5. The van der Waals surface area contributed by atoms with Crippen LogP contribution in [-0.2, 0) is 20.9 Å². The van der Waals surface area contributed by atoms with Crippen molar-refractivity contribution in [1.29, 1.82) is 0 Å². The van der Waals surface area contributed by atoms with Gasteiger partial charge in [0.05, 0.1) is 4.91 Å². The molecule has 40 heavy (non-hydrogen) atoms. The van der Waals surface area contributed by atoms with Gasteiger partial charge in [0, 0.05) is 47.5 Å². The molecule has 3 aromatic rings. The molecule has 1 aromatic heterocycles. The Morgan fingerprint density at radius 1 is 1.05 bits per heavy atom. The molecular weight excluding hydrogens is 532 g/mol. The van der Waals surface area contributed by atoms with Crippen LogP contribution < -0.4 is 14.8 Å². The van der Waals surface area contributed by atoms with Gasteiger partial charge in [-0.05, 0) is 54.8 Å². The fourth-order valence-corrected chi connectivity index (χ4v) is 5.95. The predicted octanol–water partition coefficient (Wildman–Crippen LogP) is 4.30. The smallest absolute Gasteiger partial charge is 0.294 e. The van der Waals surface area contributed by atoms with Crippen molar-refractivity contribution in [2.45, 2.75) is 26.3 Å². The number of aromatic nitrogens is 1. The quantitative estimate of drug-likeness (QED) is 0.448. The Kier molecular flexibility index (Phi) is 6.97. The number of anilines is 1. The van der Waals surface area contributed by atoms with Crippen LogP contribution in [0.25, 0.3) is 17.0 Å². The highest BCUT2D eigenvalue weighted by molar-refractivity contribution is 8.18. The number of hydrogen-bond acceptors (Lipinski definition) is 7. The van der Waals surface area contributed by atoms with E-state index in [-0.39, 0.29) is 36.6 Å². The summed E-state index contributed by atoms with van der Waals surface area (Å²) >= 11 is 0.826. The van der Waals surface area contributed by atoms with Gasteiger partial charge in [-0.2, -0.15) is 0 Å². The number of amides is 4. The Balaban J connectivity index is 1.18. The zero-order chi connectivity index (χ0) is 27.8. The number of para-hydroxylation sites is 1. The number of ether oxygens (including phenoxy) is 2. The van der Waals surface area contributed by atoms with Crippen molar-refractivity contribution in [3.05, 3.63) is 59.1 Å². The summed E-state index contributed by atoms with van der Waals surface area (Å²) in [6.45, 7) is 3.39. The first kappa shape index (κ1) is 26.0. The minimum atomic E-state index is -0.480. The van der Waals surface area contributed by atoms with E-state index in [9.17, 15) is 19.2 Å². The number of hydrogen-bond donors (Lipinski definition) is 1. The molecule has 2 fully saturated rings. The second-order valence-corrected chi connectivity index (χ2v) is 11.2. The molecule has 2 saturated heterocycles. The van der Waals surface area contributed by atoms with Gasteiger partial charge in [0.1, 0.15) is 13.1 Å². The van der Waals surface area contributed by atoms with Gasteiger partial charge in [0.2, 0.25) is 18.6 Å². The predicted molar refractivity (Wildman–Crippen MR) is 151 cm³/mol. The fourth-order valence-electron chi connectivity index (χ4n) is 5.12. The first-order valence-electron chi connectivity index (χ1n) is 13.2. The van der Waals surface area contributed by atoms with E-state index in [4.69, 9.17) is 9.47 Å². The molecule has 6 rings (SSSR count). The highest BCUT2D eigenvalue weighted by Crippen LogP contribution is 2.35. The number of carbonyl (C=O) groups excluding carboxylic acids is 4. The summed E-state index contributed by atoms with van der Waals surface area (Å²) in [6.07, 6.45) is 5.29. The van der Waals surface area contributed by atoms with E-state index in [0.29, 0.717) is 41.8 Å². The van der Waals surface area contributed by atoms with Crippen LogP contribution in [0.15, 0.2) is 53.6 Å². The number of nitrogens with zero attached hydrogens (tertiary/aromatic N) is 3. The number of thioether (sulfide) groups is 1. The van der Waals surface area contributed by atoms with Crippen LogP contribution in [0.1, 0.15) is 25.3 Å². The Labute approximate surface area is 234 Å². The van der Waals surface area contributed by atoms with Crippen LogP contribution in [0.5, 0.6) is 11.5 Å². The maximum atomic E-state index is 13.2. The minimum Gasteiger partial charge on any atom is -0.454 e. The lowest BCUT2D eigenvalue weighted by molar-refractivity contribution is -0.136. The SMILES string of the molecule is CC1CCN(C(=O)CN2C(=O)S/C(=C\c3cn(CC(=O)Nc4ccc5c(c4)OCO5)c4ccccc34)C2=O)CC1. The van der Waals surface area contributed by atoms with E-state index in [1.54, 1.807) is 39.9 Å². The molecule has 4 amide bonds. The van der Waals surface area contributed by atoms with Crippen LogP contribution in [0.3, 0.4) is 0 Å². The number of fused-ring (bicyclic) bond motifs is 2. The van der Waals surface area contributed by atoms with Crippen LogP contribution in [-0.4, -0.2) is 63.8 Å². The number of carbonyl (C=O) groups is 4. The molecule has 11 heteroatoms. The zero-order valence-electron chi connectivity index (χ0n) is 21.9. The summed E-state index contributed by atoms with van der Waals surface area (Å²) < 4.78 is 12.5. The third-order valence-corrected chi connectivity index (χ3v) is 8.29. The van der Waals surface area contributed by atoms with Crippen molar-refractivity contribution in [2.75, 3.05) is 31.7 Å². The van der Waals surface area contributed by atoms with E-state index in [1.807, 2.05) is 24.3 Å². The molecule has 0 bridgehead atoms. The monoisotopic (exact) mass is 560 g/mol. The van der Waals surface area contributed by atoms with Crippen molar-refractivity contribution in [2.24, 2.45) is 5.92 Å². The first-order valence-corrected chi connectivity index (χ1v) is 14.0. The number of imide groups is 1. The number of benzene rings is 2. The van der Waals surface area contributed by atoms with Crippen LogP contribution in [0.4, 0.5) is 10.5 Å². The first-order chi connectivity index (χ1) is 19.4. The number of piperidine rings is 1. The molecule has 2 aromatic carbocycles. The molecule has 0 saturated carbocycles. The Morgan fingerprint density at radius 3 is 2.65 bits per heavy atom. The number of nitrogens with one attached hydrogen (secondary N) is 1. The van der Waals surface area contributed by atoms with E-state index in [0.717, 1.165) is 40.4 Å². The Morgan fingerprint density at radius 2 is 1.82 bits per heavy atom. The number of rotatable bonds is 6. The largest absolute Gasteiger partial charge is 0.454 e. The highest BCUT2D eigenvalue weighted by Gasteiger charge is 2.37. The molecule has 10 nitrogen and oxygen atoms in total. The van der Waals surface area contributed by atoms with Crippen molar-refractivity contribution in [1.82, 2.24) is 14.4 Å². The zero-order valence-corrected chi connectivity index (χ0v) is 22.7.